The third kappa shape index (κ3) is 4.03. The Morgan fingerprint density at radius 1 is 1.38 bits per heavy atom. The van der Waals surface area contributed by atoms with Gasteiger partial charge in [-0.15, -0.1) is 5.10 Å². The number of aliphatic hydroxyl groups excluding tert-OH is 1. The minimum Gasteiger partial charge on any atom is -0.493 e. The predicted octanol–water partition coefficient (Wildman–Crippen LogP) is 2.56. The molecule has 1 fully saturated rings. The number of imidazole rings is 1. The van der Waals surface area contributed by atoms with Crippen molar-refractivity contribution in [3.63, 3.8) is 0 Å². The van der Waals surface area contributed by atoms with E-state index in [2.05, 4.69) is 19.4 Å². The van der Waals surface area contributed by atoms with Gasteiger partial charge in [0.15, 0.2) is 11.3 Å². The summed E-state index contributed by atoms with van der Waals surface area (Å²) in [5.41, 5.74) is 1.60. The van der Waals surface area contributed by atoms with Crippen LogP contribution in [0.2, 0.25) is 0 Å². The van der Waals surface area contributed by atoms with Gasteiger partial charge in [-0.1, -0.05) is 0 Å². The zero-order valence-electron chi connectivity index (χ0n) is 16.8. The number of aryl methyl sites for hydroxylation is 2. The molecule has 154 valence electrons. The Bertz CT molecular complexity index is 1090. The zero-order chi connectivity index (χ0) is 20.5. The van der Waals surface area contributed by atoms with E-state index in [4.69, 9.17) is 4.74 Å². The lowest BCUT2D eigenvalue weighted by atomic mass is 10.1. The smallest absolute Gasteiger partial charge is 0.277 e. The van der Waals surface area contributed by atoms with Crippen molar-refractivity contribution in [3.8, 4) is 17.1 Å². The van der Waals surface area contributed by atoms with Crippen molar-refractivity contribution in [1.29, 1.82) is 0 Å². The third-order valence-electron chi connectivity index (χ3n) is 4.94. The molecular weight excluding hydrogens is 390 g/mol. The molecule has 8 nitrogen and oxygen atoms in total. The summed E-state index contributed by atoms with van der Waals surface area (Å²) in [6.45, 7) is 7.63. The Hall–Kier alpha value is -2.36. The highest BCUT2D eigenvalue weighted by atomic mass is 32.2. The summed E-state index contributed by atoms with van der Waals surface area (Å²) < 4.78 is 9.54. The van der Waals surface area contributed by atoms with Crippen LogP contribution in [0.4, 0.5) is 0 Å². The molecule has 1 aliphatic rings. The summed E-state index contributed by atoms with van der Waals surface area (Å²) in [6, 6.07) is 5.86. The average molecular weight is 416 g/mol. The lowest BCUT2D eigenvalue weighted by Crippen LogP contribution is -2.33. The van der Waals surface area contributed by atoms with Crippen LogP contribution in [0.25, 0.3) is 16.9 Å². The van der Waals surface area contributed by atoms with Gasteiger partial charge in [-0.05, 0) is 63.8 Å². The number of nitrogens with one attached hydrogen (secondary N) is 1. The molecule has 1 aliphatic heterocycles. The number of β-amino-alcohol motifs (C(OH)–C–C–N with tert-alkyl or cyclic N) is 1. The second-order valence-electron chi connectivity index (χ2n) is 7.17. The van der Waals surface area contributed by atoms with Crippen LogP contribution in [0.3, 0.4) is 0 Å². The molecule has 3 aromatic rings. The molecule has 1 unspecified atom stereocenters. The summed E-state index contributed by atoms with van der Waals surface area (Å²) in [6.07, 6.45) is 1.54. The number of aliphatic hydroxyl groups is 1. The predicted molar refractivity (Wildman–Crippen MR) is 112 cm³/mol. The molecule has 4 rings (SSSR count). The molecule has 2 N–H and O–H groups in total. The minimum atomic E-state index is -0.286. The van der Waals surface area contributed by atoms with Gasteiger partial charge in [-0.25, -0.2) is 13.8 Å². The maximum absolute atomic E-state index is 12.7. The molecule has 0 aliphatic carbocycles. The van der Waals surface area contributed by atoms with Crippen molar-refractivity contribution < 1.29 is 9.84 Å². The van der Waals surface area contributed by atoms with Gasteiger partial charge in [-0.2, -0.15) is 0 Å². The highest BCUT2D eigenvalue weighted by molar-refractivity contribution is 7.97. The number of aromatic nitrogens is 4. The maximum Gasteiger partial charge on any atom is 0.277 e. The number of benzene rings is 1. The van der Waals surface area contributed by atoms with Gasteiger partial charge in [0.1, 0.15) is 11.6 Å². The monoisotopic (exact) mass is 415 g/mol. The molecule has 1 atom stereocenters. The van der Waals surface area contributed by atoms with Gasteiger partial charge in [0.05, 0.1) is 24.0 Å². The molecule has 29 heavy (non-hydrogen) atoms. The van der Waals surface area contributed by atoms with E-state index in [1.54, 1.807) is 23.4 Å². The first kappa shape index (κ1) is 19.9. The van der Waals surface area contributed by atoms with E-state index in [0.717, 1.165) is 29.8 Å². The Morgan fingerprint density at radius 3 is 2.97 bits per heavy atom. The Labute approximate surface area is 173 Å². The van der Waals surface area contributed by atoms with Crippen LogP contribution < -0.4 is 10.3 Å². The molecule has 1 aromatic carbocycles. The SMILES string of the molecule is CCOc1ccc(SN2CCCC(O)C2)cc1-c1nn2c(C)nc(C)c2c(=O)[nH]1. The average Bonchev–Trinajstić information content (AvgIpc) is 2.97. The van der Waals surface area contributed by atoms with Crippen LogP contribution in [0.5, 0.6) is 5.75 Å². The third-order valence-corrected chi connectivity index (χ3v) is 5.99. The van der Waals surface area contributed by atoms with Gasteiger partial charge in [0, 0.05) is 18.0 Å². The van der Waals surface area contributed by atoms with Crippen molar-refractivity contribution >= 4 is 17.5 Å². The summed E-state index contributed by atoms with van der Waals surface area (Å²) in [5.74, 6) is 1.76. The van der Waals surface area contributed by atoms with Crippen LogP contribution in [0.15, 0.2) is 27.9 Å². The van der Waals surface area contributed by atoms with E-state index in [1.807, 2.05) is 32.0 Å². The van der Waals surface area contributed by atoms with E-state index in [0.29, 0.717) is 41.8 Å². The van der Waals surface area contributed by atoms with Crippen LogP contribution in [0.1, 0.15) is 31.3 Å². The fraction of sp³-hybridized carbons (Fsp3) is 0.450. The number of hydrogen-bond acceptors (Lipinski definition) is 7. The molecular formula is C20H25N5O3S. The highest BCUT2D eigenvalue weighted by Gasteiger charge is 2.20. The van der Waals surface area contributed by atoms with Gasteiger partial charge in [-0.3, -0.25) is 4.79 Å². The number of fused-ring (bicyclic) bond motifs is 1. The largest absolute Gasteiger partial charge is 0.493 e. The summed E-state index contributed by atoms with van der Waals surface area (Å²) >= 11 is 1.60. The van der Waals surface area contributed by atoms with Crippen molar-refractivity contribution in [3.05, 3.63) is 40.1 Å². The Morgan fingerprint density at radius 2 is 2.21 bits per heavy atom. The Kier molecular flexibility index (Phi) is 5.62. The maximum atomic E-state index is 12.7. The Balaban J connectivity index is 1.76. The number of nitrogens with zero attached hydrogens (tertiary/aromatic N) is 4. The number of hydrogen-bond donors (Lipinski definition) is 2. The second kappa shape index (κ2) is 8.17. The topological polar surface area (TPSA) is 95.8 Å². The normalized spacial score (nSPS) is 17.7. The van der Waals surface area contributed by atoms with Crippen molar-refractivity contribution in [2.75, 3.05) is 19.7 Å². The molecule has 0 bridgehead atoms. The number of aromatic amines is 1. The second-order valence-corrected chi connectivity index (χ2v) is 8.34. The summed E-state index contributed by atoms with van der Waals surface area (Å²) in [5, 5.41) is 14.6. The zero-order valence-corrected chi connectivity index (χ0v) is 17.6. The van der Waals surface area contributed by atoms with E-state index in [1.165, 1.54) is 0 Å². The first-order valence-electron chi connectivity index (χ1n) is 9.80. The molecule has 0 spiro atoms. The highest BCUT2D eigenvalue weighted by Crippen LogP contribution is 2.34. The van der Waals surface area contributed by atoms with Crippen LogP contribution >= 0.6 is 11.9 Å². The molecule has 1 saturated heterocycles. The van der Waals surface area contributed by atoms with Crippen molar-refractivity contribution in [2.24, 2.45) is 0 Å². The molecule has 0 radical (unpaired) electrons. The van der Waals surface area contributed by atoms with Gasteiger partial charge < -0.3 is 14.8 Å². The lowest BCUT2D eigenvalue weighted by Gasteiger charge is -2.28. The van der Waals surface area contributed by atoms with Crippen molar-refractivity contribution in [2.45, 2.75) is 44.6 Å². The minimum absolute atomic E-state index is 0.229. The number of rotatable bonds is 5. The fourth-order valence-corrected chi connectivity index (χ4v) is 4.70. The van der Waals surface area contributed by atoms with Gasteiger partial charge in [0.2, 0.25) is 0 Å². The molecule has 0 saturated carbocycles. The van der Waals surface area contributed by atoms with Crippen molar-refractivity contribution in [1.82, 2.24) is 23.9 Å². The fourth-order valence-electron chi connectivity index (χ4n) is 3.64. The van der Waals surface area contributed by atoms with E-state index >= 15 is 0 Å². The molecule has 3 heterocycles. The quantitative estimate of drug-likeness (QED) is 0.618. The molecule has 9 heteroatoms. The molecule has 0 amide bonds. The van der Waals surface area contributed by atoms with Gasteiger partial charge >= 0.3 is 0 Å². The first-order valence-corrected chi connectivity index (χ1v) is 10.6. The number of ether oxygens (including phenoxy) is 1. The van der Waals surface area contributed by atoms with Gasteiger partial charge in [0.25, 0.3) is 5.56 Å². The molecule has 2 aromatic heterocycles. The number of piperidine rings is 1. The number of H-pyrrole nitrogens is 1. The first-order chi connectivity index (χ1) is 14.0. The van der Waals surface area contributed by atoms with E-state index in [-0.39, 0.29) is 11.7 Å². The van der Waals surface area contributed by atoms with Crippen LogP contribution in [-0.4, -0.2) is 54.8 Å². The van der Waals surface area contributed by atoms with E-state index < -0.39 is 0 Å². The van der Waals surface area contributed by atoms with Crippen LogP contribution in [0, 0.1) is 13.8 Å². The van der Waals surface area contributed by atoms with Crippen LogP contribution in [-0.2, 0) is 0 Å². The summed E-state index contributed by atoms with van der Waals surface area (Å²) in [4.78, 5) is 20.9. The summed E-state index contributed by atoms with van der Waals surface area (Å²) in [7, 11) is 0. The van der Waals surface area contributed by atoms with E-state index in [9.17, 15) is 9.90 Å². The lowest BCUT2D eigenvalue weighted by molar-refractivity contribution is 0.112. The standard InChI is InChI=1S/C20H25N5O3S/c1-4-28-17-8-7-15(29-24-9-5-6-14(26)11-24)10-16(17)19-22-20(27)18-12(2)21-13(3)25(18)23-19/h7-8,10,14,26H,4-6,9,11H2,1-3H3,(H,22,23,27).